The molecular weight excluding hydrogens is 132 g/mol. The minimum Gasteiger partial charge on any atom is -0.422 e. The molecule has 2 atom stereocenters. The van der Waals surface area contributed by atoms with Crippen LogP contribution in [-0.4, -0.2) is 18.4 Å². The van der Waals surface area contributed by atoms with Crippen molar-refractivity contribution in [3.63, 3.8) is 0 Å². The van der Waals surface area contributed by atoms with Gasteiger partial charge in [0.15, 0.2) is 12.2 Å². The van der Waals surface area contributed by atoms with E-state index in [2.05, 4.69) is 22.6 Å². The molecule has 1 fully saturated rings. The van der Waals surface area contributed by atoms with Crippen LogP contribution in [0.4, 0.5) is 4.79 Å². The first kappa shape index (κ1) is 6.86. The normalized spacial score (nSPS) is 30.6. The number of hydrogen-bond donors (Lipinski definition) is 0. The van der Waals surface area contributed by atoms with Gasteiger partial charge in [0.25, 0.3) is 0 Å². The van der Waals surface area contributed by atoms with Crippen molar-refractivity contribution < 1.29 is 14.3 Å². The van der Waals surface area contributed by atoms with E-state index in [0.29, 0.717) is 0 Å². The molecule has 10 heavy (non-hydrogen) atoms. The van der Waals surface area contributed by atoms with Crippen molar-refractivity contribution in [3.05, 3.63) is 25.3 Å². The Morgan fingerprint density at radius 2 is 1.60 bits per heavy atom. The molecule has 1 aliphatic heterocycles. The summed E-state index contributed by atoms with van der Waals surface area (Å²) in [5.74, 6) is 0. The van der Waals surface area contributed by atoms with Gasteiger partial charge in [-0.1, -0.05) is 13.2 Å². The maximum Gasteiger partial charge on any atom is 0.509 e. The summed E-state index contributed by atoms with van der Waals surface area (Å²) in [4.78, 5) is 10.4. The third kappa shape index (κ3) is 1.03. The van der Waals surface area contributed by atoms with E-state index in [1.807, 2.05) is 0 Å². The van der Waals surface area contributed by atoms with Crippen molar-refractivity contribution in [1.82, 2.24) is 0 Å². The Bertz CT molecular complexity index is 156. The van der Waals surface area contributed by atoms with Gasteiger partial charge < -0.3 is 9.47 Å². The third-order valence-electron chi connectivity index (χ3n) is 1.25. The Kier molecular flexibility index (Phi) is 1.76. The molecule has 0 aliphatic carbocycles. The fraction of sp³-hybridized carbons (Fsp3) is 0.286. The van der Waals surface area contributed by atoms with E-state index in [4.69, 9.17) is 0 Å². The molecule has 3 heteroatoms. The van der Waals surface area contributed by atoms with Gasteiger partial charge in [0, 0.05) is 0 Å². The molecule has 1 rings (SSSR count). The molecule has 0 spiro atoms. The van der Waals surface area contributed by atoms with Crippen LogP contribution < -0.4 is 0 Å². The van der Waals surface area contributed by atoms with Gasteiger partial charge in [-0.25, -0.2) is 4.79 Å². The number of carbonyl (C=O) groups excluding carboxylic acids is 1. The summed E-state index contributed by atoms with van der Waals surface area (Å²) in [6.45, 7) is 6.94. The van der Waals surface area contributed by atoms with E-state index in [-0.39, 0.29) is 12.2 Å². The number of carbonyl (C=O) groups is 1. The zero-order chi connectivity index (χ0) is 7.56. The van der Waals surface area contributed by atoms with Crippen molar-refractivity contribution in [2.24, 2.45) is 0 Å². The molecule has 0 saturated carbocycles. The SMILES string of the molecule is C=CC1OC(=O)OC1C=C. The molecule has 3 nitrogen and oxygen atoms in total. The Labute approximate surface area is 58.9 Å². The van der Waals surface area contributed by atoms with Crippen molar-refractivity contribution in [3.8, 4) is 0 Å². The predicted molar refractivity (Wildman–Crippen MR) is 35.5 cm³/mol. The average molecular weight is 140 g/mol. The quantitative estimate of drug-likeness (QED) is 0.428. The van der Waals surface area contributed by atoms with Crippen LogP contribution in [0.2, 0.25) is 0 Å². The first-order valence-corrected chi connectivity index (χ1v) is 2.90. The van der Waals surface area contributed by atoms with Gasteiger partial charge in [-0.15, -0.1) is 0 Å². The maximum absolute atomic E-state index is 10.4. The molecule has 0 aromatic heterocycles. The highest BCUT2D eigenvalue weighted by molar-refractivity contribution is 5.63. The van der Waals surface area contributed by atoms with Gasteiger partial charge >= 0.3 is 6.16 Å². The topological polar surface area (TPSA) is 35.5 Å². The first-order chi connectivity index (χ1) is 4.77. The Hall–Kier alpha value is -1.25. The van der Waals surface area contributed by atoms with Crippen LogP contribution in [-0.2, 0) is 9.47 Å². The second-order valence-electron chi connectivity index (χ2n) is 1.89. The van der Waals surface area contributed by atoms with Crippen LogP contribution in [0.5, 0.6) is 0 Å². The lowest BCUT2D eigenvalue weighted by Gasteiger charge is -2.03. The molecule has 0 aromatic carbocycles. The number of hydrogen-bond acceptors (Lipinski definition) is 3. The van der Waals surface area contributed by atoms with Crippen LogP contribution in [0.25, 0.3) is 0 Å². The minimum atomic E-state index is -0.658. The number of rotatable bonds is 2. The zero-order valence-corrected chi connectivity index (χ0v) is 5.45. The molecule has 1 saturated heterocycles. The van der Waals surface area contributed by atoms with E-state index in [9.17, 15) is 4.79 Å². The van der Waals surface area contributed by atoms with Gasteiger partial charge in [0.05, 0.1) is 0 Å². The van der Waals surface area contributed by atoms with Gasteiger partial charge in [0.2, 0.25) is 0 Å². The van der Waals surface area contributed by atoms with Crippen LogP contribution in [0, 0.1) is 0 Å². The van der Waals surface area contributed by atoms with E-state index >= 15 is 0 Å². The second-order valence-corrected chi connectivity index (χ2v) is 1.89. The fourth-order valence-corrected chi connectivity index (χ4v) is 0.749. The highest BCUT2D eigenvalue weighted by Gasteiger charge is 2.31. The predicted octanol–water partition coefficient (Wildman–Crippen LogP) is 1.26. The summed E-state index contributed by atoms with van der Waals surface area (Å²) in [6.07, 6.45) is 1.62. The largest absolute Gasteiger partial charge is 0.509 e. The molecule has 2 unspecified atom stereocenters. The van der Waals surface area contributed by atoms with Gasteiger partial charge in [-0.2, -0.15) is 0 Å². The van der Waals surface area contributed by atoms with E-state index in [1.165, 1.54) is 12.2 Å². The smallest absolute Gasteiger partial charge is 0.422 e. The highest BCUT2D eigenvalue weighted by atomic mass is 16.8. The molecule has 54 valence electrons. The average Bonchev–Trinajstić information content (AvgIpc) is 2.30. The summed E-state index contributed by atoms with van der Waals surface area (Å²) in [7, 11) is 0. The molecule has 1 heterocycles. The fourth-order valence-electron chi connectivity index (χ4n) is 0.749. The summed E-state index contributed by atoms with van der Waals surface area (Å²) < 4.78 is 9.33. The minimum absolute atomic E-state index is 0.370. The van der Waals surface area contributed by atoms with E-state index in [1.54, 1.807) is 0 Å². The lowest BCUT2D eigenvalue weighted by Crippen LogP contribution is -2.16. The lowest BCUT2D eigenvalue weighted by molar-refractivity contribution is 0.122. The zero-order valence-electron chi connectivity index (χ0n) is 5.45. The molecule has 0 radical (unpaired) electrons. The van der Waals surface area contributed by atoms with E-state index < -0.39 is 6.16 Å². The van der Waals surface area contributed by atoms with Crippen molar-refractivity contribution >= 4 is 6.16 Å². The van der Waals surface area contributed by atoms with Crippen molar-refractivity contribution in [2.45, 2.75) is 12.2 Å². The summed E-state index contributed by atoms with van der Waals surface area (Å²) in [6, 6.07) is 0. The third-order valence-corrected chi connectivity index (χ3v) is 1.25. The molecule has 0 bridgehead atoms. The maximum atomic E-state index is 10.4. The van der Waals surface area contributed by atoms with E-state index in [0.717, 1.165) is 0 Å². The van der Waals surface area contributed by atoms with Crippen molar-refractivity contribution in [1.29, 1.82) is 0 Å². The summed E-state index contributed by atoms with van der Waals surface area (Å²) in [5, 5.41) is 0. The molecule has 1 aliphatic rings. The molecule has 0 N–H and O–H groups in total. The Morgan fingerprint density at radius 3 is 1.90 bits per heavy atom. The monoisotopic (exact) mass is 140 g/mol. The molecule has 0 amide bonds. The first-order valence-electron chi connectivity index (χ1n) is 2.90. The summed E-state index contributed by atoms with van der Waals surface area (Å²) in [5.41, 5.74) is 0. The van der Waals surface area contributed by atoms with Crippen molar-refractivity contribution in [2.75, 3.05) is 0 Å². The Balaban J connectivity index is 2.65. The van der Waals surface area contributed by atoms with Crippen LogP contribution >= 0.6 is 0 Å². The number of cyclic esters (lactones) is 2. The van der Waals surface area contributed by atoms with Gasteiger partial charge in [-0.05, 0) is 12.2 Å². The number of ether oxygens (including phenoxy) is 2. The highest BCUT2D eigenvalue weighted by Crippen LogP contribution is 2.16. The van der Waals surface area contributed by atoms with Crippen LogP contribution in [0.15, 0.2) is 25.3 Å². The summed E-state index contributed by atoms with van der Waals surface area (Å²) >= 11 is 0. The van der Waals surface area contributed by atoms with Gasteiger partial charge in [-0.3, -0.25) is 0 Å². The second kappa shape index (κ2) is 2.56. The lowest BCUT2D eigenvalue weighted by atomic mass is 10.2. The van der Waals surface area contributed by atoms with Gasteiger partial charge in [0.1, 0.15) is 0 Å². The standard InChI is InChI=1S/C7H8O3/c1-3-5-6(4-2)10-7(8)9-5/h3-6H,1-2H2. The molecular formula is C7H8O3. The van der Waals surface area contributed by atoms with Crippen LogP contribution in [0.1, 0.15) is 0 Å². The van der Waals surface area contributed by atoms with Crippen LogP contribution in [0.3, 0.4) is 0 Å². The Morgan fingerprint density at radius 1 is 1.20 bits per heavy atom. The molecule has 0 aromatic rings.